The molecule has 3 aliphatic rings. The second-order valence-electron chi connectivity index (χ2n) is 15.0. The van der Waals surface area contributed by atoms with Crippen LogP contribution in [0.1, 0.15) is 58.2 Å². The molecule has 25 nitrogen and oxygen atoms in total. The highest BCUT2D eigenvalue weighted by atomic mass is 16.7. The van der Waals surface area contributed by atoms with E-state index < -0.39 is 210 Å². The van der Waals surface area contributed by atoms with Gasteiger partial charge in [-0.15, -0.1) is 0 Å². The molecular formula is C42H30O25. The summed E-state index contributed by atoms with van der Waals surface area (Å²) in [6.07, 6.45) is -12.2. The number of benzene rings is 5. The third-order valence-electron chi connectivity index (χ3n) is 11.0. The standard InChI is InChI=1S/C42H30O25/c43-14(9-1-15(44)27(50)16(45)2-9)7-21-36-38(67-42(62)13-6-20(49)31(54)35(58)26(13)25-12(40(60)65-36)5-19(48)30(53)34(25)57)37-22(64-21)8-63-39(59)10-3-17(46)28(51)32(55)23(10)24-11(41(61)66-37)4-18(47)29(52)33(24)56/h1-6,21-22,36-38,44-58H,7-8H2/t21-,22+,36-,37+,38+/m0/s1. The first kappa shape index (κ1) is 44.2. The number of ether oxygens (including phenoxy) is 5. The quantitative estimate of drug-likeness (QED) is 0.0533. The summed E-state index contributed by atoms with van der Waals surface area (Å²) in [7, 11) is 0. The smallest absolute Gasteiger partial charge is 0.339 e. The molecule has 3 aliphatic heterocycles. The van der Waals surface area contributed by atoms with E-state index in [0.717, 1.165) is 0 Å². The molecule has 67 heavy (non-hydrogen) atoms. The molecule has 5 atom stereocenters. The summed E-state index contributed by atoms with van der Waals surface area (Å²) in [5, 5.41) is 159. The molecule has 0 radical (unpaired) electrons. The molecule has 5 aromatic carbocycles. The van der Waals surface area contributed by atoms with Crippen molar-refractivity contribution in [2.24, 2.45) is 0 Å². The zero-order valence-electron chi connectivity index (χ0n) is 33.1. The predicted molar refractivity (Wildman–Crippen MR) is 211 cm³/mol. The van der Waals surface area contributed by atoms with Crippen molar-refractivity contribution in [3.63, 3.8) is 0 Å². The highest BCUT2D eigenvalue weighted by molar-refractivity contribution is 6.10. The van der Waals surface area contributed by atoms with Crippen LogP contribution < -0.4 is 0 Å². The molecule has 1 fully saturated rings. The van der Waals surface area contributed by atoms with Crippen LogP contribution in [-0.2, 0) is 23.7 Å². The molecule has 8 rings (SSSR count). The molecule has 15 N–H and O–H groups in total. The lowest BCUT2D eigenvalue weighted by atomic mass is 9.88. The van der Waals surface area contributed by atoms with Gasteiger partial charge in [0.05, 0.1) is 22.3 Å². The number of phenols is 15. The van der Waals surface area contributed by atoms with Crippen LogP contribution in [0.3, 0.4) is 0 Å². The minimum Gasteiger partial charge on any atom is -0.504 e. The Morgan fingerprint density at radius 2 is 0.746 bits per heavy atom. The van der Waals surface area contributed by atoms with Gasteiger partial charge in [-0.1, -0.05) is 0 Å². The lowest BCUT2D eigenvalue weighted by Gasteiger charge is -2.45. The maximum absolute atomic E-state index is 14.5. The molecular weight excluding hydrogens is 904 g/mol. The van der Waals surface area contributed by atoms with Gasteiger partial charge >= 0.3 is 23.9 Å². The van der Waals surface area contributed by atoms with Crippen molar-refractivity contribution < 1.29 is 124 Å². The molecule has 1 saturated heterocycles. The van der Waals surface area contributed by atoms with Crippen molar-refractivity contribution in [1.29, 1.82) is 0 Å². The maximum Gasteiger partial charge on any atom is 0.339 e. The van der Waals surface area contributed by atoms with Gasteiger partial charge < -0.3 is 100 Å². The van der Waals surface area contributed by atoms with Crippen molar-refractivity contribution >= 4 is 29.7 Å². The summed E-state index contributed by atoms with van der Waals surface area (Å²) in [5.41, 5.74) is -8.81. The Hall–Kier alpha value is -9.39. The molecule has 0 spiro atoms. The van der Waals surface area contributed by atoms with Gasteiger partial charge in [0.25, 0.3) is 0 Å². The Balaban J connectivity index is 1.37. The van der Waals surface area contributed by atoms with Gasteiger partial charge in [0, 0.05) is 34.2 Å². The van der Waals surface area contributed by atoms with Crippen LogP contribution in [0.4, 0.5) is 0 Å². The molecule has 25 heteroatoms. The number of rotatable bonds is 3. The van der Waals surface area contributed by atoms with E-state index in [-0.39, 0.29) is 0 Å². The highest BCUT2D eigenvalue weighted by Crippen LogP contribution is 2.55. The topological polar surface area (TPSA) is 435 Å². The van der Waals surface area contributed by atoms with Crippen molar-refractivity contribution in [1.82, 2.24) is 0 Å². The molecule has 348 valence electrons. The number of carbonyl (C=O) groups is 5. The first-order chi connectivity index (χ1) is 31.5. The lowest BCUT2D eigenvalue weighted by Crippen LogP contribution is -2.63. The number of esters is 4. The molecule has 0 aliphatic carbocycles. The van der Waals surface area contributed by atoms with Gasteiger partial charge in [0.1, 0.15) is 18.8 Å². The van der Waals surface area contributed by atoms with Crippen LogP contribution in [-0.4, -0.2) is 143 Å². The van der Waals surface area contributed by atoms with Crippen molar-refractivity contribution in [3.05, 3.63) is 64.2 Å². The number of ketones is 1. The average molecular weight is 935 g/mol. The number of hydrogen-bond acceptors (Lipinski definition) is 25. The number of carbonyl (C=O) groups excluding carboxylic acids is 5. The van der Waals surface area contributed by atoms with E-state index in [1.807, 2.05) is 0 Å². The molecule has 0 amide bonds. The maximum atomic E-state index is 14.5. The van der Waals surface area contributed by atoms with Crippen LogP contribution in [0.25, 0.3) is 22.3 Å². The van der Waals surface area contributed by atoms with E-state index in [1.54, 1.807) is 0 Å². The summed E-state index contributed by atoms with van der Waals surface area (Å²) in [6.45, 7) is -1.17. The third kappa shape index (κ3) is 6.97. The third-order valence-corrected chi connectivity index (χ3v) is 11.0. The fourth-order valence-corrected chi connectivity index (χ4v) is 7.80. The Labute approximate surface area is 369 Å². The van der Waals surface area contributed by atoms with Crippen LogP contribution in [0.15, 0.2) is 36.4 Å². The minimum atomic E-state index is -2.39. The first-order valence-electron chi connectivity index (χ1n) is 18.9. The van der Waals surface area contributed by atoms with Gasteiger partial charge in [0.2, 0.25) is 23.0 Å². The zero-order chi connectivity index (χ0) is 48.8. The van der Waals surface area contributed by atoms with E-state index in [2.05, 4.69) is 0 Å². The summed E-state index contributed by atoms with van der Waals surface area (Å²) in [4.78, 5) is 71.1. The lowest BCUT2D eigenvalue weighted by molar-refractivity contribution is -0.227. The summed E-state index contributed by atoms with van der Waals surface area (Å²) in [5.74, 6) is -27.0. The molecule has 0 unspecified atom stereocenters. The SMILES string of the molecule is O=C(C[C@@H]1O[C@@H]2COC(=O)c3cc(O)c(O)c(O)c3-c3c(cc(O)c(O)c3O)C(=O)O[C@H]2[C@@H]2OC(=O)c3cc(O)c(O)c(O)c3-c3c(cc(O)c(O)c3O)C(=O)O[C@H]21)c1cc(O)c(O)c(O)c1. The fraction of sp³-hybridized carbons (Fsp3) is 0.167. The summed E-state index contributed by atoms with van der Waals surface area (Å²) in [6, 6.07) is 3.21. The van der Waals surface area contributed by atoms with Crippen LogP contribution in [0.5, 0.6) is 86.2 Å². The molecule has 3 heterocycles. The van der Waals surface area contributed by atoms with Crippen molar-refractivity contribution in [3.8, 4) is 108 Å². The Bertz CT molecular complexity index is 3020. The van der Waals surface area contributed by atoms with E-state index in [4.69, 9.17) is 23.7 Å². The zero-order valence-corrected chi connectivity index (χ0v) is 33.1. The number of phenolic OH excluding ortho intramolecular Hbond substituents is 15. The Morgan fingerprint density at radius 3 is 1.13 bits per heavy atom. The van der Waals surface area contributed by atoms with Crippen LogP contribution in [0, 0.1) is 0 Å². The fourth-order valence-electron chi connectivity index (χ4n) is 7.80. The molecule has 5 aromatic rings. The number of hydrogen-bond donors (Lipinski definition) is 15. The van der Waals surface area contributed by atoms with Crippen molar-refractivity contribution in [2.75, 3.05) is 6.61 Å². The van der Waals surface area contributed by atoms with Gasteiger partial charge in [-0.25, -0.2) is 19.2 Å². The normalized spacial score (nSPS) is 20.1. The summed E-state index contributed by atoms with van der Waals surface area (Å²) >= 11 is 0. The Morgan fingerprint density at radius 1 is 0.418 bits per heavy atom. The average Bonchev–Trinajstić information content (AvgIpc) is 3.29. The highest BCUT2D eigenvalue weighted by Gasteiger charge is 2.55. The number of aromatic hydroxyl groups is 15. The number of cyclic esters (lactones) is 1. The van der Waals surface area contributed by atoms with Gasteiger partial charge in [-0.05, 0) is 36.4 Å². The van der Waals surface area contributed by atoms with Crippen LogP contribution >= 0.6 is 0 Å². The largest absolute Gasteiger partial charge is 0.504 e. The Kier molecular flexibility index (Phi) is 10.4. The minimum absolute atomic E-state index is 0.433. The van der Waals surface area contributed by atoms with Gasteiger partial charge in [-0.2, -0.15) is 0 Å². The van der Waals surface area contributed by atoms with E-state index in [9.17, 15) is 101 Å². The van der Waals surface area contributed by atoms with E-state index in [0.29, 0.717) is 36.4 Å². The summed E-state index contributed by atoms with van der Waals surface area (Å²) < 4.78 is 28.7. The van der Waals surface area contributed by atoms with E-state index in [1.165, 1.54) is 0 Å². The second-order valence-corrected chi connectivity index (χ2v) is 15.0. The molecule has 0 bridgehead atoms. The molecule has 0 saturated carbocycles. The second kappa shape index (κ2) is 15.7. The van der Waals surface area contributed by atoms with E-state index >= 15 is 0 Å². The van der Waals surface area contributed by atoms with Gasteiger partial charge in [0.15, 0.2) is 87.3 Å². The number of fused-ring (bicyclic) bond motifs is 9. The molecule has 0 aromatic heterocycles. The first-order valence-corrected chi connectivity index (χ1v) is 18.9. The monoisotopic (exact) mass is 934 g/mol. The number of Topliss-reactive ketones (excluding diaryl/α,β-unsaturated/α-hetero) is 1. The van der Waals surface area contributed by atoms with Gasteiger partial charge in [-0.3, -0.25) is 4.79 Å². The van der Waals surface area contributed by atoms with Crippen molar-refractivity contribution in [2.45, 2.75) is 36.9 Å². The van der Waals surface area contributed by atoms with Crippen LogP contribution in [0.2, 0.25) is 0 Å². The predicted octanol–water partition coefficient (Wildman–Crippen LogP) is 2.11.